The van der Waals surface area contributed by atoms with E-state index in [0.29, 0.717) is 6.04 Å². The quantitative estimate of drug-likeness (QED) is 0.780. The molecule has 2 aromatic heterocycles. The minimum Gasteiger partial charge on any atom is -0.344 e. The van der Waals surface area contributed by atoms with Crippen LogP contribution in [0, 0.1) is 0 Å². The Bertz CT molecular complexity index is 738. The first kappa shape index (κ1) is 13.9. The van der Waals surface area contributed by atoms with Crippen LogP contribution in [-0.2, 0) is 13.6 Å². The third kappa shape index (κ3) is 2.59. The van der Waals surface area contributed by atoms with Crippen LogP contribution in [0.2, 0.25) is 0 Å². The maximum absolute atomic E-state index is 4.69. The fourth-order valence-corrected chi connectivity index (χ4v) is 2.94. The Kier molecular flexibility index (Phi) is 3.80. The second kappa shape index (κ2) is 5.74. The second-order valence-electron chi connectivity index (χ2n) is 5.43. The Balaban J connectivity index is 1.95. The van der Waals surface area contributed by atoms with Crippen molar-refractivity contribution in [3.05, 3.63) is 54.0 Å². The molecule has 4 nitrogen and oxygen atoms in total. The lowest BCUT2D eigenvalue weighted by molar-refractivity contribution is 0.550. The highest BCUT2D eigenvalue weighted by atomic mass is 15.3. The van der Waals surface area contributed by atoms with Crippen molar-refractivity contribution in [3.63, 3.8) is 0 Å². The van der Waals surface area contributed by atoms with Crippen LogP contribution in [-0.4, -0.2) is 20.9 Å². The van der Waals surface area contributed by atoms with E-state index < -0.39 is 0 Å². The molecule has 1 N–H and O–H groups in total. The molecule has 1 unspecified atom stereocenters. The van der Waals surface area contributed by atoms with E-state index >= 15 is 0 Å². The van der Waals surface area contributed by atoms with Crippen LogP contribution in [0.1, 0.15) is 31.3 Å². The van der Waals surface area contributed by atoms with Crippen LogP contribution in [0.4, 0.5) is 0 Å². The molecule has 4 heteroatoms. The van der Waals surface area contributed by atoms with Gasteiger partial charge in [0.2, 0.25) is 0 Å². The summed E-state index contributed by atoms with van der Waals surface area (Å²) in [5, 5.41) is 9.39. The summed E-state index contributed by atoms with van der Waals surface area (Å²) >= 11 is 0. The number of hydrogen-bond acceptors (Lipinski definition) is 2. The lowest BCUT2D eigenvalue weighted by Gasteiger charge is -2.15. The fraction of sp³-hybridized carbons (Fsp3) is 0.353. The maximum atomic E-state index is 4.69. The van der Waals surface area contributed by atoms with Crippen LogP contribution >= 0.6 is 0 Å². The molecule has 1 atom stereocenters. The molecule has 0 aliphatic carbocycles. The van der Waals surface area contributed by atoms with Gasteiger partial charge in [0.25, 0.3) is 0 Å². The lowest BCUT2D eigenvalue weighted by atomic mass is 10.2. The third-order valence-corrected chi connectivity index (χ3v) is 3.97. The van der Waals surface area contributed by atoms with Crippen LogP contribution in [0.5, 0.6) is 0 Å². The van der Waals surface area contributed by atoms with Gasteiger partial charge in [-0.05, 0) is 31.7 Å². The summed E-state index contributed by atoms with van der Waals surface area (Å²) in [7, 11) is 2.00. The Morgan fingerprint density at radius 3 is 2.81 bits per heavy atom. The number of nitrogens with zero attached hydrogens (tertiary/aromatic N) is 3. The molecule has 1 aromatic carbocycles. The van der Waals surface area contributed by atoms with E-state index in [4.69, 9.17) is 0 Å². The number of hydrogen-bond donors (Lipinski definition) is 1. The summed E-state index contributed by atoms with van der Waals surface area (Å²) in [5.74, 6) is 0. The van der Waals surface area contributed by atoms with Crippen molar-refractivity contribution in [1.29, 1.82) is 0 Å². The van der Waals surface area contributed by atoms with Crippen LogP contribution in [0.15, 0.2) is 42.6 Å². The molecule has 0 bridgehead atoms. The number of aryl methyl sites for hydroxylation is 1. The average Bonchev–Trinajstić information content (AvgIpc) is 3.06. The highest BCUT2D eigenvalue weighted by molar-refractivity contribution is 5.81. The van der Waals surface area contributed by atoms with Crippen molar-refractivity contribution < 1.29 is 0 Å². The Morgan fingerprint density at radius 2 is 2.00 bits per heavy atom. The van der Waals surface area contributed by atoms with Gasteiger partial charge in [-0.25, -0.2) is 0 Å². The Morgan fingerprint density at radius 1 is 1.19 bits per heavy atom. The van der Waals surface area contributed by atoms with Crippen LogP contribution < -0.4 is 5.32 Å². The number of para-hydroxylation sites is 1. The van der Waals surface area contributed by atoms with Crippen molar-refractivity contribution >= 4 is 10.9 Å². The van der Waals surface area contributed by atoms with Gasteiger partial charge in [-0.1, -0.05) is 25.1 Å². The van der Waals surface area contributed by atoms with E-state index in [1.54, 1.807) is 0 Å². The average molecular weight is 282 g/mol. The van der Waals surface area contributed by atoms with E-state index in [9.17, 15) is 0 Å². The number of aromatic nitrogens is 3. The fourth-order valence-electron chi connectivity index (χ4n) is 2.94. The minimum absolute atomic E-state index is 0.347. The number of benzene rings is 1. The highest BCUT2D eigenvalue weighted by Gasteiger charge is 2.12. The van der Waals surface area contributed by atoms with Crippen molar-refractivity contribution in [2.75, 3.05) is 6.54 Å². The zero-order valence-electron chi connectivity index (χ0n) is 12.9. The molecule has 0 aliphatic rings. The van der Waals surface area contributed by atoms with E-state index in [1.807, 2.05) is 11.7 Å². The molecule has 2 heterocycles. The van der Waals surface area contributed by atoms with Gasteiger partial charge in [0.15, 0.2) is 0 Å². The topological polar surface area (TPSA) is 34.8 Å². The van der Waals surface area contributed by atoms with E-state index in [0.717, 1.165) is 18.8 Å². The molecule has 0 saturated heterocycles. The van der Waals surface area contributed by atoms with Gasteiger partial charge in [-0.2, -0.15) is 5.10 Å². The molecule has 0 amide bonds. The van der Waals surface area contributed by atoms with Gasteiger partial charge >= 0.3 is 0 Å². The summed E-state index contributed by atoms with van der Waals surface area (Å²) in [5.41, 5.74) is 3.60. The van der Waals surface area contributed by atoms with Gasteiger partial charge in [0.1, 0.15) is 0 Å². The van der Waals surface area contributed by atoms with Gasteiger partial charge < -0.3 is 9.88 Å². The zero-order chi connectivity index (χ0) is 14.8. The van der Waals surface area contributed by atoms with Crippen LogP contribution in [0.3, 0.4) is 0 Å². The number of rotatable bonds is 5. The molecule has 3 aromatic rings. The number of fused-ring (bicyclic) bond motifs is 1. The Hall–Kier alpha value is -2.07. The van der Waals surface area contributed by atoms with Crippen molar-refractivity contribution in [2.45, 2.75) is 26.4 Å². The molecule has 21 heavy (non-hydrogen) atoms. The molecule has 0 spiro atoms. The van der Waals surface area contributed by atoms with E-state index in [-0.39, 0.29) is 0 Å². The van der Waals surface area contributed by atoms with Crippen LogP contribution in [0.25, 0.3) is 10.9 Å². The van der Waals surface area contributed by atoms with Crippen molar-refractivity contribution in [2.24, 2.45) is 7.05 Å². The molecule has 0 aliphatic heterocycles. The second-order valence-corrected chi connectivity index (χ2v) is 5.43. The van der Waals surface area contributed by atoms with Crippen molar-refractivity contribution in [3.8, 4) is 0 Å². The zero-order valence-corrected chi connectivity index (χ0v) is 12.9. The summed E-state index contributed by atoms with van der Waals surface area (Å²) in [4.78, 5) is 0. The van der Waals surface area contributed by atoms with Crippen molar-refractivity contribution in [1.82, 2.24) is 19.7 Å². The SMILES string of the molecule is CCNC(C)c1cccn1Cc1nn(C)c2ccccc12. The molecule has 0 fully saturated rings. The molecule has 0 saturated carbocycles. The molecular formula is C17H22N4. The normalized spacial score (nSPS) is 12.9. The highest BCUT2D eigenvalue weighted by Crippen LogP contribution is 2.20. The summed E-state index contributed by atoms with van der Waals surface area (Å²) in [6.45, 7) is 6.11. The third-order valence-electron chi connectivity index (χ3n) is 3.97. The summed E-state index contributed by atoms with van der Waals surface area (Å²) in [6, 6.07) is 13.0. The van der Waals surface area contributed by atoms with E-state index in [1.165, 1.54) is 16.6 Å². The largest absolute Gasteiger partial charge is 0.344 e. The maximum Gasteiger partial charge on any atom is 0.0900 e. The lowest BCUT2D eigenvalue weighted by Crippen LogP contribution is -2.21. The summed E-state index contributed by atoms with van der Waals surface area (Å²) < 4.78 is 4.24. The molecule has 110 valence electrons. The molecule has 0 radical (unpaired) electrons. The molecule has 3 rings (SSSR count). The molecular weight excluding hydrogens is 260 g/mol. The predicted molar refractivity (Wildman–Crippen MR) is 86.3 cm³/mol. The smallest absolute Gasteiger partial charge is 0.0900 e. The van der Waals surface area contributed by atoms with Gasteiger partial charge in [-0.3, -0.25) is 4.68 Å². The van der Waals surface area contributed by atoms with Gasteiger partial charge in [0.05, 0.1) is 17.8 Å². The van der Waals surface area contributed by atoms with Gasteiger partial charge in [-0.15, -0.1) is 0 Å². The predicted octanol–water partition coefficient (Wildman–Crippen LogP) is 3.09. The first-order valence-corrected chi connectivity index (χ1v) is 7.49. The monoisotopic (exact) mass is 282 g/mol. The minimum atomic E-state index is 0.347. The van der Waals surface area contributed by atoms with Gasteiger partial charge in [0, 0.05) is 30.4 Å². The van der Waals surface area contributed by atoms with E-state index in [2.05, 4.69) is 71.4 Å². The summed E-state index contributed by atoms with van der Waals surface area (Å²) in [6.07, 6.45) is 2.13. The number of nitrogens with one attached hydrogen (secondary N) is 1. The first-order chi connectivity index (χ1) is 10.2. The standard InChI is InChI=1S/C17H22N4/c1-4-18-13(2)16-10-7-11-21(16)12-15-14-8-5-6-9-17(14)20(3)19-15/h5-11,13,18H,4,12H2,1-3H3. The first-order valence-electron chi connectivity index (χ1n) is 7.49. The Labute approximate surface area is 125 Å².